The average molecular weight is 519 g/mol. The minimum atomic E-state index is -0.941. The normalized spacial score (nSPS) is 10.6. The van der Waals surface area contributed by atoms with E-state index < -0.39 is 5.97 Å². The molecule has 0 fully saturated rings. The van der Waals surface area contributed by atoms with Crippen LogP contribution in [-0.4, -0.2) is 23.5 Å². The van der Waals surface area contributed by atoms with Crippen LogP contribution < -0.4 is 14.8 Å². The van der Waals surface area contributed by atoms with Gasteiger partial charge in [0, 0.05) is 22.0 Å². The number of amides is 1. The fourth-order valence-corrected chi connectivity index (χ4v) is 3.99. The fraction of sp³-hybridized carbons (Fsp3) is 0.200. The van der Waals surface area contributed by atoms with Crippen molar-refractivity contribution in [2.45, 2.75) is 31.1 Å². The molecule has 178 valence electrons. The van der Waals surface area contributed by atoms with Crippen LogP contribution in [0.25, 0.3) is 0 Å². The molecule has 0 unspecified atom stereocenters. The number of rotatable bonds is 11. The van der Waals surface area contributed by atoms with E-state index in [1.54, 1.807) is 48.5 Å². The second kappa shape index (κ2) is 12.6. The molecule has 3 rings (SSSR count). The second-order valence-corrected chi connectivity index (χ2v) is 9.14. The van der Waals surface area contributed by atoms with Gasteiger partial charge in [-0.15, -0.1) is 0 Å². The highest BCUT2D eigenvalue weighted by Gasteiger charge is 2.14. The van der Waals surface area contributed by atoms with Crippen molar-refractivity contribution in [2.75, 3.05) is 11.3 Å². The summed E-state index contributed by atoms with van der Waals surface area (Å²) in [4.78, 5) is 24.4. The molecule has 1 amide bonds. The number of carboxylic acid groups (broad SMARTS) is 1. The van der Waals surface area contributed by atoms with Gasteiger partial charge in [-0.05, 0) is 78.5 Å². The van der Waals surface area contributed by atoms with Crippen molar-refractivity contribution in [3.05, 3.63) is 81.8 Å². The van der Waals surface area contributed by atoms with Crippen molar-refractivity contribution in [1.29, 1.82) is 0 Å². The number of benzene rings is 3. The van der Waals surface area contributed by atoms with Crippen LogP contribution >= 0.6 is 35.1 Å². The van der Waals surface area contributed by atoms with Crippen LogP contribution in [0, 0.1) is 0 Å². The third-order valence-corrected chi connectivity index (χ3v) is 6.10. The van der Waals surface area contributed by atoms with E-state index in [1.807, 2.05) is 12.1 Å². The topological polar surface area (TPSA) is 87.7 Å². The van der Waals surface area contributed by atoms with Crippen LogP contribution in [0.3, 0.4) is 0 Å². The smallest absolute Gasteiger partial charge is 0.307 e. The van der Waals surface area contributed by atoms with Crippen LogP contribution in [0.15, 0.2) is 65.6 Å². The Hall–Kier alpha value is -2.87. The van der Waals surface area contributed by atoms with Gasteiger partial charge in [-0.2, -0.15) is 0 Å². The largest absolute Gasteiger partial charge is 0.481 e. The highest BCUT2D eigenvalue weighted by atomic mass is 35.5. The van der Waals surface area contributed by atoms with Crippen molar-refractivity contribution >= 4 is 52.7 Å². The number of nitrogens with one attached hydrogen (secondary N) is 2. The van der Waals surface area contributed by atoms with Crippen molar-refractivity contribution in [3.63, 3.8) is 0 Å². The van der Waals surface area contributed by atoms with Gasteiger partial charge in [0.05, 0.1) is 17.1 Å². The Labute approximate surface area is 212 Å². The number of ether oxygens (including phenoxy) is 1. The van der Waals surface area contributed by atoms with E-state index >= 15 is 0 Å². The molecule has 0 aromatic heterocycles. The first kappa shape index (κ1) is 25.7. The van der Waals surface area contributed by atoms with Crippen molar-refractivity contribution in [3.8, 4) is 11.5 Å². The number of hydrogen-bond donors (Lipinski definition) is 3. The fourth-order valence-electron chi connectivity index (χ4n) is 2.97. The maximum absolute atomic E-state index is 12.6. The van der Waals surface area contributed by atoms with E-state index in [9.17, 15) is 9.59 Å². The van der Waals surface area contributed by atoms with E-state index in [1.165, 1.54) is 11.9 Å². The monoisotopic (exact) mass is 518 g/mol. The molecule has 6 nitrogen and oxygen atoms in total. The molecule has 0 aliphatic heterocycles. The molecule has 0 saturated heterocycles. The SMILES string of the molecule is CCCCNC(=O)c1ccc(Oc2ccc(CC(=O)O)cc2Cl)c(NSc2ccc(Cl)cc2)c1. The van der Waals surface area contributed by atoms with Gasteiger partial charge in [-0.1, -0.05) is 42.6 Å². The number of halogens is 2. The first-order chi connectivity index (χ1) is 16.4. The predicted molar refractivity (Wildman–Crippen MR) is 137 cm³/mol. The highest BCUT2D eigenvalue weighted by Crippen LogP contribution is 2.37. The van der Waals surface area contributed by atoms with Gasteiger partial charge in [0.15, 0.2) is 5.75 Å². The molecule has 0 bridgehead atoms. The van der Waals surface area contributed by atoms with Crippen molar-refractivity contribution < 1.29 is 19.4 Å². The molecule has 3 aromatic rings. The number of anilines is 1. The molecule has 0 atom stereocenters. The first-order valence-electron chi connectivity index (χ1n) is 10.6. The third kappa shape index (κ3) is 7.58. The molecule has 3 aromatic carbocycles. The molecule has 9 heteroatoms. The lowest BCUT2D eigenvalue weighted by atomic mass is 10.1. The van der Waals surface area contributed by atoms with Crippen LogP contribution in [0.1, 0.15) is 35.7 Å². The minimum absolute atomic E-state index is 0.133. The molecule has 0 aliphatic rings. The molecule has 0 aliphatic carbocycles. The van der Waals surface area contributed by atoms with Gasteiger partial charge in [-0.3, -0.25) is 9.59 Å². The zero-order valence-corrected chi connectivity index (χ0v) is 20.8. The molecule has 34 heavy (non-hydrogen) atoms. The van der Waals surface area contributed by atoms with Gasteiger partial charge in [0.1, 0.15) is 5.75 Å². The highest BCUT2D eigenvalue weighted by molar-refractivity contribution is 8.00. The van der Waals surface area contributed by atoms with Crippen molar-refractivity contribution in [1.82, 2.24) is 5.32 Å². The number of carbonyl (C=O) groups excluding carboxylic acids is 1. The Morgan fingerprint density at radius 2 is 1.74 bits per heavy atom. The van der Waals surface area contributed by atoms with Crippen molar-refractivity contribution in [2.24, 2.45) is 0 Å². The van der Waals surface area contributed by atoms with E-state index in [0.717, 1.165) is 17.7 Å². The van der Waals surface area contributed by atoms with Crippen LogP contribution in [0.5, 0.6) is 11.5 Å². The molecular formula is C25H24Cl2N2O4S. The third-order valence-electron chi connectivity index (χ3n) is 4.72. The number of hydrogen-bond acceptors (Lipinski definition) is 5. The average Bonchev–Trinajstić information content (AvgIpc) is 2.80. The summed E-state index contributed by atoms with van der Waals surface area (Å²) in [6.07, 6.45) is 1.76. The summed E-state index contributed by atoms with van der Waals surface area (Å²) in [6.45, 7) is 2.67. The molecular weight excluding hydrogens is 495 g/mol. The lowest BCUT2D eigenvalue weighted by Gasteiger charge is -2.15. The summed E-state index contributed by atoms with van der Waals surface area (Å²) in [5.74, 6) is -0.284. The predicted octanol–water partition coefficient (Wildman–Crippen LogP) is 7.06. The van der Waals surface area contributed by atoms with Crippen LogP contribution in [0.2, 0.25) is 10.0 Å². The molecule has 0 spiro atoms. The van der Waals surface area contributed by atoms with E-state index in [4.69, 9.17) is 33.0 Å². The van der Waals surface area contributed by atoms with Gasteiger partial charge in [-0.25, -0.2) is 0 Å². The molecule has 3 N–H and O–H groups in total. The summed E-state index contributed by atoms with van der Waals surface area (Å²) < 4.78 is 9.27. The second-order valence-electron chi connectivity index (χ2n) is 7.42. The lowest BCUT2D eigenvalue weighted by Crippen LogP contribution is -2.24. The van der Waals surface area contributed by atoms with Crippen LogP contribution in [-0.2, 0) is 11.2 Å². The molecule has 0 saturated carbocycles. The first-order valence-corrected chi connectivity index (χ1v) is 12.2. The minimum Gasteiger partial charge on any atom is -0.481 e. The van der Waals surface area contributed by atoms with E-state index in [0.29, 0.717) is 39.9 Å². The zero-order chi connectivity index (χ0) is 24.5. The van der Waals surface area contributed by atoms with E-state index in [-0.39, 0.29) is 17.4 Å². The Kier molecular flexibility index (Phi) is 9.51. The Bertz CT molecular complexity index is 1160. The summed E-state index contributed by atoms with van der Waals surface area (Å²) in [7, 11) is 0. The quantitative estimate of drug-likeness (QED) is 0.186. The standard InChI is InChI=1S/C25H24Cl2N2O4S/c1-2-3-12-28-25(32)17-5-11-23(21(15-17)29-34-19-8-6-18(26)7-9-19)33-22-10-4-16(13-20(22)27)14-24(30)31/h4-11,13,15,29H,2-3,12,14H2,1H3,(H,28,32)(H,30,31). The van der Waals surface area contributed by atoms with Gasteiger partial charge >= 0.3 is 5.97 Å². The number of carboxylic acids is 1. The maximum atomic E-state index is 12.6. The van der Waals surface area contributed by atoms with E-state index in [2.05, 4.69) is 17.0 Å². The maximum Gasteiger partial charge on any atom is 0.307 e. The Morgan fingerprint density at radius 3 is 2.41 bits per heavy atom. The Morgan fingerprint density at radius 1 is 1.00 bits per heavy atom. The summed E-state index contributed by atoms with van der Waals surface area (Å²) in [5.41, 5.74) is 1.64. The van der Waals surface area contributed by atoms with Gasteiger partial charge < -0.3 is 19.9 Å². The lowest BCUT2D eigenvalue weighted by molar-refractivity contribution is -0.136. The van der Waals surface area contributed by atoms with Crippen LogP contribution in [0.4, 0.5) is 5.69 Å². The Balaban J connectivity index is 1.84. The molecule has 0 radical (unpaired) electrons. The number of aliphatic carboxylic acids is 1. The zero-order valence-electron chi connectivity index (χ0n) is 18.4. The molecule has 0 heterocycles. The van der Waals surface area contributed by atoms with Gasteiger partial charge in [0.25, 0.3) is 5.91 Å². The summed E-state index contributed by atoms with van der Waals surface area (Å²) >= 11 is 13.6. The van der Waals surface area contributed by atoms with Gasteiger partial charge in [0.2, 0.25) is 0 Å². The summed E-state index contributed by atoms with van der Waals surface area (Å²) in [5, 5.41) is 12.8. The number of carbonyl (C=O) groups is 2. The number of unbranched alkanes of at least 4 members (excludes halogenated alkanes) is 1. The summed E-state index contributed by atoms with van der Waals surface area (Å²) in [6, 6.07) is 17.3.